The van der Waals surface area contributed by atoms with Crippen molar-refractivity contribution in [1.82, 2.24) is 4.90 Å². The average molecular weight is 341 g/mol. The normalized spacial score (nSPS) is 19.3. The number of aliphatic imine (C=N–C) groups is 1. The predicted molar refractivity (Wildman–Crippen MR) is 94.1 cm³/mol. The summed E-state index contributed by atoms with van der Waals surface area (Å²) in [6, 6.07) is 19.3. The molecule has 1 aliphatic rings. The minimum atomic E-state index is -0.989. The van der Waals surface area contributed by atoms with Crippen LogP contribution in [0.2, 0.25) is 0 Å². The first kappa shape index (κ1) is 16.4. The Balaban J connectivity index is 1.69. The molecular weight excluding hydrogens is 324 g/mol. The van der Waals surface area contributed by atoms with E-state index >= 15 is 0 Å². The highest BCUT2D eigenvalue weighted by Gasteiger charge is 2.43. The van der Waals surface area contributed by atoms with Crippen LogP contribution in [0.1, 0.15) is 11.1 Å². The number of hydrogen-bond acceptors (Lipinski definition) is 3. The summed E-state index contributed by atoms with van der Waals surface area (Å²) in [4.78, 5) is 30.2. The first-order valence-electron chi connectivity index (χ1n) is 7.79. The molecular formula is C19H17ClN2O2. The molecule has 3 rings (SSSR count). The van der Waals surface area contributed by atoms with Gasteiger partial charge in [0.05, 0.1) is 6.54 Å². The predicted octanol–water partition coefficient (Wildman–Crippen LogP) is 2.85. The largest absolute Gasteiger partial charge is 0.277 e. The van der Waals surface area contributed by atoms with Gasteiger partial charge in [-0.3, -0.25) is 19.5 Å². The van der Waals surface area contributed by atoms with Gasteiger partial charge in [-0.25, -0.2) is 0 Å². The van der Waals surface area contributed by atoms with Crippen molar-refractivity contribution >= 4 is 29.1 Å². The van der Waals surface area contributed by atoms with Crippen molar-refractivity contribution in [3.63, 3.8) is 0 Å². The highest BCUT2D eigenvalue weighted by atomic mass is 35.5. The van der Waals surface area contributed by atoms with Crippen LogP contribution >= 0.6 is 11.6 Å². The van der Waals surface area contributed by atoms with Crippen LogP contribution in [-0.2, 0) is 22.6 Å². The Hall–Kier alpha value is -2.46. The number of carbonyl (C=O) groups excluding carboxylic acids is 2. The standard InChI is InChI=1S/C19H17ClN2O2/c20-16-17(21-13-15-9-5-2-6-10-15)19(24)22(18(16)23)12-11-14-7-3-1-4-8-14/h1-10,16H,11-13H2. The molecule has 4 nitrogen and oxygen atoms in total. The highest BCUT2D eigenvalue weighted by Crippen LogP contribution is 2.18. The van der Waals surface area contributed by atoms with E-state index in [-0.39, 0.29) is 17.5 Å². The van der Waals surface area contributed by atoms with Gasteiger partial charge in [0.2, 0.25) is 0 Å². The third-order valence-electron chi connectivity index (χ3n) is 3.93. The number of halogens is 1. The average Bonchev–Trinajstić information content (AvgIpc) is 2.82. The molecule has 1 unspecified atom stereocenters. The first-order valence-corrected chi connectivity index (χ1v) is 8.22. The number of amides is 2. The van der Waals surface area contributed by atoms with Gasteiger partial charge in [0.15, 0.2) is 5.38 Å². The molecule has 5 heteroatoms. The summed E-state index contributed by atoms with van der Waals surface area (Å²) < 4.78 is 0. The summed E-state index contributed by atoms with van der Waals surface area (Å²) in [5.41, 5.74) is 2.18. The van der Waals surface area contributed by atoms with E-state index in [2.05, 4.69) is 4.99 Å². The summed E-state index contributed by atoms with van der Waals surface area (Å²) >= 11 is 6.12. The smallest absolute Gasteiger partial charge is 0.276 e. The molecule has 2 amide bonds. The van der Waals surface area contributed by atoms with Crippen LogP contribution in [0.3, 0.4) is 0 Å². The second-order valence-electron chi connectivity index (χ2n) is 5.58. The third-order valence-corrected chi connectivity index (χ3v) is 4.32. The molecule has 1 fully saturated rings. The molecule has 1 atom stereocenters. The van der Waals surface area contributed by atoms with Gasteiger partial charge in [-0.05, 0) is 17.5 Å². The molecule has 0 aliphatic carbocycles. The van der Waals surface area contributed by atoms with Gasteiger partial charge in [0.25, 0.3) is 11.8 Å². The minimum absolute atomic E-state index is 0.138. The number of rotatable bonds is 5. The van der Waals surface area contributed by atoms with Crippen molar-refractivity contribution in [2.75, 3.05) is 6.54 Å². The molecule has 2 aromatic carbocycles. The van der Waals surface area contributed by atoms with E-state index in [1.165, 1.54) is 4.90 Å². The fourth-order valence-corrected chi connectivity index (χ4v) is 2.89. The maximum absolute atomic E-state index is 12.5. The Bertz CT molecular complexity index is 759. The number of carbonyl (C=O) groups is 2. The van der Waals surface area contributed by atoms with E-state index in [9.17, 15) is 9.59 Å². The van der Waals surface area contributed by atoms with E-state index < -0.39 is 5.38 Å². The lowest BCUT2D eigenvalue weighted by Crippen LogP contribution is -2.33. The number of benzene rings is 2. The summed E-state index contributed by atoms with van der Waals surface area (Å²) in [7, 11) is 0. The number of nitrogens with zero attached hydrogens (tertiary/aromatic N) is 2. The third kappa shape index (κ3) is 3.54. The Morgan fingerprint density at radius 1 is 0.917 bits per heavy atom. The zero-order valence-corrected chi connectivity index (χ0v) is 13.8. The van der Waals surface area contributed by atoms with Crippen LogP contribution in [0.5, 0.6) is 0 Å². The van der Waals surface area contributed by atoms with Gasteiger partial charge in [-0.15, -0.1) is 11.6 Å². The highest BCUT2D eigenvalue weighted by molar-refractivity contribution is 6.63. The van der Waals surface area contributed by atoms with E-state index in [1.54, 1.807) is 0 Å². The van der Waals surface area contributed by atoms with E-state index in [0.29, 0.717) is 19.5 Å². The zero-order valence-electron chi connectivity index (χ0n) is 13.1. The maximum Gasteiger partial charge on any atom is 0.276 e. The van der Waals surface area contributed by atoms with E-state index in [4.69, 9.17) is 11.6 Å². The monoisotopic (exact) mass is 340 g/mol. The second-order valence-corrected chi connectivity index (χ2v) is 6.02. The number of alkyl halides is 1. The second kappa shape index (κ2) is 7.41. The van der Waals surface area contributed by atoms with Crippen LogP contribution in [0.15, 0.2) is 65.7 Å². The van der Waals surface area contributed by atoms with Gasteiger partial charge < -0.3 is 0 Å². The van der Waals surface area contributed by atoms with Crippen LogP contribution in [0, 0.1) is 0 Å². The van der Waals surface area contributed by atoms with Crippen molar-refractivity contribution < 1.29 is 9.59 Å². The lowest BCUT2D eigenvalue weighted by molar-refractivity contribution is -0.136. The Morgan fingerprint density at radius 2 is 1.50 bits per heavy atom. The van der Waals surface area contributed by atoms with E-state index in [1.807, 2.05) is 60.7 Å². The van der Waals surface area contributed by atoms with E-state index in [0.717, 1.165) is 11.1 Å². The maximum atomic E-state index is 12.5. The van der Waals surface area contributed by atoms with Crippen molar-refractivity contribution in [3.8, 4) is 0 Å². The van der Waals surface area contributed by atoms with Gasteiger partial charge in [-0.2, -0.15) is 0 Å². The molecule has 122 valence electrons. The summed E-state index contributed by atoms with van der Waals surface area (Å²) in [6.45, 7) is 0.653. The van der Waals surface area contributed by atoms with Crippen molar-refractivity contribution in [3.05, 3.63) is 71.8 Å². The molecule has 0 bridgehead atoms. The van der Waals surface area contributed by atoms with Crippen molar-refractivity contribution in [1.29, 1.82) is 0 Å². The molecule has 0 saturated carbocycles. The van der Waals surface area contributed by atoms with Crippen LogP contribution < -0.4 is 0 Å². The van der Waals surface area contributed by atoms with Crippen LogP contribution in [0.25, 0.3) is 0 Å². The number of hydrogen-bond donors (Lipinski definition) is 0. The zero-order chi connectivity index (χ0) is 16.9. The summed E-state index contributed by atoms with van der Waals surface area (Å²) in [5.74, 6) is -0.767. The van der Waals surface area contributed by atoms with Gasteiger partial charge in [-0.1, -0.05) is 60.7 Å². The molecule has 1 aliphatic heterocycles. The lowest BCUT2D eigenvalue weighted by atomic mass is 10.1. The SMILES string of the molecule is O=C1C(=NCc2ccccc2)C(Cl)C(=O)N1CCc1ccccc1. The van der Waals surface area contributed by atoms with Gasteiger partial charge >= 0.3 is 0 Å². The number of imide groups is 1. The Kier molecular flexibility index (Phi) is 5.06. The quantitative estimate of drug-likeness (QED) is 0.620. The Labute approximate surface area is 145 Å². The Morgan fingerprint density at radius 3 is 2.12 bits per heavy atom. The fraction of sp³-hybridized carbons (Fsp3) is 0.211. The molecule has 24 heavy (non-hydrogen) atoms. The van der Waals surface area contributed by atoms with Gasteiger partial charge in [0, 0.05) is 6.54 Å². The van der Waals surface area contributed by atoms with Crippen molar-refractivity contribution in [2.24, 2.45) is 4.99 Å². The summed E-state index contributed by atoms with van der Waals surface area (Å²) in [6.07, 6.45) is 0.605. The number of likely N-dealkylation sites (tertiary alicyclic amines) is 1. The minimum Gasteiger partial charge on any atom is -0.277 e. The van der Waals surface area contributed by atoms with Crippen LogP contribution in [-0.4, -0.2) is 34.3 Å². The molecule has 0 spiro atoms. The molecule has 0 radical (unpaired) electrons. The molecule has 0 aromatic heterocycles. The van der Waals surface area contributed by atoms with Gasteiger partial charge in [0.1, 0.15) is 5.71 Å². The van der Waals surface area contributed by atoms with Crippen LogP contribution in [0.4, 0.5) is 0 Å². The molecule has 0 N–H and O–H groups in total. The molecule has 1 heterocycles. The first-order chi connectivity index (χ1) is 11.7. The fourth-order valence-electron chi connectivity index (χ4n) is 2.61. The summed E-state index contributed by atoms with van der Waals surface area (Å²) in [5, 5.41) is -0.989. The van der Waals surface area contributed by atoms with Crippen molar-refractivity contribution in [2.45, 2.75) is 18.3 Å². The molecule has 1 saturated heterocycles. The lowest BCUT2D eigenvalue weighted by Gasteiger charge is -2.12. The molecule has 2 aromatic rings. The topological polar surface area (TPSA) is 49.7 Å².